The quantitative estimate of drug-likeness (QED) is 0.464. The molecule has 0 aromatic carbocycles. The fourth-order valence-electron chi connectivity index (χ4n) is 5.49. The van der Waals surface area contributed by atoms with Gasteiger partial charge in [0.25, 0.3) is 5.91 Å². The molecule has 0 saturated carbocycles. The Hall–Kier alpha value is -2.58. The first-order valence-corrected chi connectivity index (χ1v) is 12.0. The Balaban J connectivity index is 1.53. The zero-order valence-electron chi connectivity index (χ0n) is 19.1. The molecule has 3 saturated heterocycles. The maximum atomic E-state index is 13.3. The second-order valence-corrected chi connectivity index (χ2v) is 9.19. The molecule has 0 N–H and O–H groups in total. The van der Waals surface area contributed by atoms with Crippen LogP contribution < -0.4 is 0 Å². The number of ether oxygens (including phenoxy) is 1. The molecule has 0 aliphatic carbocycles. The summed E-state index contributed by atoms with van der Waals surface area (Å²) in [6.07, 6.45) is 7.33. The summed E-state index contributed by atoms with van der Waals surface area (Å²) in [5, 5.41) is 0. The maximum absolute atomic E-state index is 13.3. The van der Waals surface area contributed by atoms with E-state index in [0.717, 1.165) is 51.6 Å². The van der Waals surface area contributed by atoms with Crippen molar-refractivity contribution >= 4 is 23.7 Å². The van der Waals surface area contributed by atoms with Crippen molar-refractivity contribution in [2.75, 3.05) is 32.8 Å². The summed E-state index contributed by atoms with van der Waals surface area (Å²) in [7, 11) is 0. The fraction of sp³-hybridized carbons (Fsp3) is 0.739. The predicted molar refractivity (Wildman–Crippen MR) is 116 cm³/mol. The number of hydrogen-bond donors (Lipinski definition) is 0. The number of esters is 1. The van der Waals surface area contributed by atoms with E-state index < -0.39 is 12.0 Å². The van der Waals surface area contributed by atoms with Gasteiger partial charge in [0.15, 0.2) is 0 Å². The topological polar surface area (TPSA) is 90.5 Å². The number of piperidine rings is 1. The molecule has 4 aliphatic heterocycles. The molecule has 9 heteroatoms. The van der Waals surface area contributed by atoms with E-state index in [0.29, 0.717) is 13.0 Å². The van der Waals surface area contributed by atoms with Gasteiger partial charge in [-0.15, -0.1) is 0 Å². The fourth-order valence-corrected chi connectivity index (χ4v) is 5.49. The van der Waals surface area contributed by atoms with Gasteiger partial charge in [0.1, 0.15) is 17.8 Å². The molecule has 4 rings (SSSR count). The minimum Gasteiger partial charge on any atom is -0.462 e. The van der Waals surface area contributed by atoms with E-state index in [4.69, 9.17) is 4.74 Å². The molecule has 3 atom stereocenters. The molecule has 0 bridgehead atoms. The van der Waals surface area contributed by atoms with E-state index in [2.05, 4.69) is 0 Å². The Morgan fingerprint density at radius 2 is 1.78 bits per heavy atom. The van der Waals surface area contributed by atoms with E-state index in [1.807, 2.05) is 11.8 Å². The molecular formula is C23H34N4O5. The van der Waals surface area contributed by atoms with E-state index in [9.17, 15) is 19.2 Å². The van der Waals surface area contributed by atoms with Crippen LogP contribution in [-0.2, 0) is 23.9 Å². The Morgan fingerprint density at radius 3 is 2.50 bits per heavy atom. The monoisotopic (exact) mass is 446 g/mol. The number of likely N-dealkylation sites (tertiary alicyclic amines) is 2. The molecule has 32 heavy (non-hydrogen) atoms. The molecule has 0 spiro atoms. The SMILES string of the molecule is CCOC(=O)C1=CN(CC(=O)N2CCC[C@H]2C(=O)N2CCCC2)C2CCC[C@H](C)N2C1=O. The maximum Gasteiger partial charge on any atom is 0.345 e. The second kappa shape index (κ2) is 9.50. The van der Waals surface area contributed by atoms with E-state index in [-0.39, 0.29) is 48.7 Å². The summed E-state index contributed by atoms with van der Waals surface area (Å²) in [4.78, 5) is 58.9. The van der Waals surface area contributed by atoms with E-state index >= 15 is 0 Å². The molecule has 3 amide bonds. The summed E-state index contributed by atoms with van der Waals surface area (Å²) in [6, 6.07) is -0.421. The van der Waals surface area contributed by atoms with Crippen LogP contribution in [0.1, 0.15) is 58.8 Å². The minimum atomic E-state index is -0.658. The number of carbonyl (C=O) groups is 4. The van der Waals surface area contributed by atoms with Crippen molar-refractivity contribution in [1.29, 1.82) is 0 Å². The lowest BCUT2D eigenvalue weighted by Crippen LogP contribution is -2.61. The average Bonchev–Trinajstić information content (AvgIpc) is 3.47. The molecule has 3 fully saturated rings. The molecule has 0 aromatic rings. The van der Waals surface area contributed by atoms with Gasteiger partial charge in [-0.3, -0.25) is 14.4 Å². The van der Waals surface area contributed by atoms with Crippen LogP contribution in [0.15, 0.2) is 11.8 Å². The molecule has 0 radical (unpaired) electrons. The number of hydrogen-bond acceptors (Lipinski definition) is 6. The highest BCUT2D eigenvalue weighted by atomic mass is 16.5. The first-order valence-electron chi connectivity index (χ1n) is 12.0. The third-order valence-electron chi connectivity index (χ3n) is 7.11. The lowest BCUT2D eigenvalue weighted by atomic mass is 9.96. The molecule has 9 nitrogen and oxygen atoms in total. The summed E-state index contributed by atoms with van der Waals surface area (Å²) in [6.45, 7) is 5.99. The highest BCUT2D eigenvalue weighted by Gasteiger charge is 2.44. The zero-order valence-corrected chi connectivity index (χ0v) is 19.1. The van der Waals surface area contributed by atoms with Gasteiger partial charge in [0, 0.05) is 31.9 Å². The number of carbonyl (C=O) groups excluding carboxylic acids is 4. The van der Waals surface area contributed by atoms with Gasteiger partial charge in [0.2, 0.25) is 11.8 Å². The van der Waals surface area contributed by atoms with Crippen LogP contribution in [-0.4, -0.2) is 94.3 Å². The summed E-state index contributed by atoms with van der Waals surface area (Å²) >= 11 is 0. The Kier molecular flexibility index (Phi) is 6.71. The third-order valence-corrected chi connectivity index (χ3v) is 7.11. The number of fused-ring (bicyclic) bond motifs is 1. The Bertz CT molecular complexity index is 806. The largest absolute Gasteiger partial charge is 0.462 e. The molecule has 176 valence electrons. The van der Waals surface area contributed by atoms with Crippen molar-refractivity contribution in [3.05, 3.63) is 11.8 Å². The minimum absolute atomic E-state index is 0.0201. The molecular weight excluding hydrogens is 412 g/mol. The highest BCUT2D eigenvalue weighted by molar-refractivity contribution is 6.16. The van der Waals surface area contributed by atoms with E-state index in [1.165, 1.54) is 6.20 Å². The highest BCUT2D eigenvalue weighted by Crippen LogP contribution is 2.32. The van der Waals surface area contributed by atoms with Gasteiger partial charge in [-0.1, -0.05) is 0 Å². The lowest BCUT2D eigenvalue weighted by Gasteiger charge is -2.48. The molecule has 1 unspecified atom stereocenters. The summed E-state index contributed by atoms with van der Waals surface area (Å²) in [5.41, 5.74) is -0.0317. The molecule has 0 aromatic heterocycles. The van der Waals surface area contributed by atoms with Crippen LogP contribution in [0.3, 0.4) is 0 Å². The third kappa shape index (κ3) is 4.21. The number of rotatable bonds is 5. The van der Waals surface area contributed by atoms with Crippen molar-refractivity contribution in [2.45, 2.75) is 77.0 Å². The smallest absolute Gasteiger partial charge is 0.345 e. The van der Waals surface area contributed by atoms with Gasteiger partial charge in [0.05, 0.1) is 13.2 Å². The Morgan fingerprint density at radius 1 is 1.03 bits per heavy atom. The lowest BCUT2D eigenvalue weighted by molar-refractivity contribution is -0.151. The van der Waals surface area contributed by atoms with Crippen LogP contribution in [0.4, 0.5) is 0 Å². The van der Waals surface area contributed by atoms with Gasteiger partial charge in [-0.05, 0) is 58.8 Å². The normalized spacial score (nSPS) is 28.0. The Labute approximate surface area is 189 Å². The van der Waals surface area contributed by atoms with Crippen molar-refractivity contribution in [3.63, 3.8) is 0 Å². The van der Waals surface area contributed by atoms with Crippen molar-refractivity contribution < 1.29 is 23.9 Å². The summed E-state index contributed by atoms with van der Waals surface area (Å²) in [5.74, 6) is -1.06. The van der Waals surface area contributed by atoms with E-state index in [1.54, 1.807) is 21.6 Å². The first kappa shape index (κ1) is 22.6. The number of amides is 3. The van der Waals surface area contributed by atoms with Crippen molar-refractivity contribution in [1.82, 2.24) is 19.6 Å². The van der Waals surface area contributed by atoms with Crippen molar-refractivity contribution in [3.8, 4) is 0 Å². The van der Waals surface area contributed by atoms with Crippen molar-refractivity contribution in [2.24, 2.45) is 0 Å². The molecule has 4 aliphatic rings. The second-order valence-electron chi connectivity index (χ2n) is 9.19. The average molecular weight is 447 g/mol. The van der Waals surface area contributed by atoms with Crippen LogP contribution in [0.2, 0.25) is 0 Å². The van der Waals surface area contributed by atoms with Gasteiger partial charge >= 0.3 is 5.97 Å². The first-order chi connectivity index (χ1) is 15.4. The zero-order chi connectivity index (χ0) is 22.8. The standard InChI is InChI=1S/C23H34N4O5/c1-3-32-23(31)17-14-25(19-10-6-8-16(2)27(19)21(17)29)15-20(28)26-13-7-9-18(26)22(30)24-11-4-5-12-24/h14,16,18-19H,3-13,15H2,1-2H3/t16-,18-,19?/m0/s1. The van der Waals surface area contributed by atoms with Gasteiger partial charge in [-0.2, -0.15) is 0 Å². The van der Waals surface area contributed by atoms with Gasteiger partial charge in [-0.25, -0.2) is 4.79 Å². The van der Waals surface area contributed by atoms with Crippen LogP contribution in [0.5, 0.6) is 0 Å². The predicted octanol–water partition coefficient (Wildman–Crippen LogP) is 1.09. The van der Waals surface area contributed by atoms with Gasteiger partial charge < -0.3 is 24.3 Å². The van der Waals surface area contributed by atoms with Crippen LogP contribution in [0.25, 0.3) is 0 Å². The molecule has 4 heterocycles. The van der Waals surface area contributed by atoms with Crippen LogP contribution >= 0.6 is 0 Å². The number of nitrogens with zero attached hydrogens (tertiary/aromatic N) is 4. The van der Waals surface area contributed by atoms with Crippen LogP contribution in [0, 0.1) is 0 Å². The summed E-state index contributed by atoms with van der Waals surface area (Å²) < 4.78 is 5.10.